The van der Waals surface area contributed by atoms with Crippen LogP contribution >= 0.6 is 34.8 Å². The summed E-state index contributed by atoms with van der Waals surface area (Å²) in [6.07, 6.45) is -0.105. The number of carbonyl (C=O) groups is 1. The van der Waals surface area contributed by atoms with E-state index in [9.17, 15) is 18.3 Å². The molecule has 0 saturated carbocycles. The number of sulfonamides is 1. The van der Waals surface area contributed by atoms with Gasteiger partial charge in [0.15, 0.2) is 5.75 Å². The Morgan fingerprint density at radius 2 is 1.64 bits per heavy atom. The highest BCUT2D eigenvalue weighted by atomic mass is 35.5. The van der Waals surface area contributed by atoms with Gasteiger partial charge in [0.2, 0.25) is 10.0 Å². The van der Waals surface area contributed by atoms with Gasteiger partial charge >= 0.3 is 5.97 Å². The lowest BCUT2D eigenvalue weighted by Crippen LogP contribution is -2.34. The second kappa shape index (κ2) is 13.2. The highest BCUT2D eigenvalue weighted by molar-refractivity contribution is 7.88. The molecule has 2 rings (SSSR count). The molecule has 0 aliphatic rings. The number of ether oxygens (including phenoxy) is 2. The Kier molecular flexibility index (Phi) is 11.1. The minimum absolute atomic E-state index is 0.0679. The summed E-state index contributed by atoms with van der Waals surface area (Å²) in [6.45, 7) is 3.86. The maximum Gasteiger partial charge on any atom is 0.303 e. The first-order valence-electron chi connectivity index (χ1n) is 11.0. The van der Waals surface area contributed by atoms with Crippen LogP contribution in [-0.4, -0.2) is 62.6 Å². The third-order valence-corrected chi connectivity index (χ3v) is 7.15. The second-order valence-electron chi connectivity index (χ2n) is 8.93. The minimum atomic E-state index is -3.39. The highest BCUT2D eigenvalue weighted by Crippen LogP contribution is 2.41. The molecule has 0 amide bonds. The van der Waals surface area contributed by atoms with E-state index < -0.39 is 27.5 Å². The number of halogens is 3. The van der Waals surface area contributed by atoms with E-state index >= 15 is 0 Å². The molecule has 2 aromatic carbocycles. The van der Waals surface area contributed by atoms with Gasteiger partial charge in [-0.2, -0.15) is 0 Å². The Hall–Kier alpha value is -1.75. The van der Waals surface area contributed by atoms with E-state index in [1.165, 1.54) is 0 Å². The number of benzene rings is 2. The van der Waals surface area contributed by atoms with Gasteiger partial charge in [-0.15, -0.1) is 11.6 Å². The number of hydrogen-bond donors (Lipinski definition) is 3. The number of aliphatic hydroxyl groups excluding tert-OH is 1. The molecule has 0 bridgehead atoms. The quantitative estimate of drug-likeness (QED) is 0.284. The molecule has 0 heterocycles. The van der Waals surface area contributed by atoms with Crippen molar-refractivity contribution in [3.8, 4) is 11.5 Å². The fourth-order valence-electron chi connectivity index (χ4n) is 3.30. The van der Waals surface area contributed by atoms with Crippen molar-refractivity contribution in [3.05, 3.63) is 57.6 Å². The zero-order valence-electron chi connectivity index (χ0n) is 20.1. The van der Waals surface area contributed by atoms with Crippen LogP contribution < -0.4 is 14.2 Å². The number of hydrogen-bond acceptors (Lipinski definition) is 6. The summed E-state index contributed by atoms with van der Waals surface area (Å²) in [5, 5.41) is 19.4. The molecule has 0 aliphatic heterocycles. The van der Waals surface area contributed by atoms with Crippen molar-refractivity contribution >= 4 is 50.8 Å². The lowest BCUT2D eigenvalue weighted by atomic mass is 9.78. The summed E-state index contributed by atoms with van der Waals surface area (Å²) in [5.74, 6) is -0.433. The number of aliphatic hydroxyl groups is 1. The molecule has 0 radical (unpaired) electrons. The van der Waals surface area contributed by atoms with Gasteiger partial charge in [0.1, 0.15) is 18.5 Å². The summed E-state index contributed by atoms with van der Waals surface area (Å²) in [4.78, 5) is 10.9. The van der Waals surface area contributed by atoms with Crippen molar-refractivity contribution in [2.24, 2.45) is 5.92 Å². The first-order chi connectivity index (χ1) is 16.7. The Morgan fingerprint density at radius 1 is 1.06 bits per heavy atom. The van der Waals surface area contributed by atoms with Gasteiger partial charge in [-0.1, -0.05) is 49.2 Å². The molecule has 2 aromatic rings. The van der Waals surface area contributed by atoms with Crippen LogP contribution in [0, 0.1) is 5.92 Å². The van der Waals surface area contributed by atoms with Crippen LogP contribution in [0.1, 0.15) is 31.4 Å². The third-order valence-electron chi connectivity index (χ3n) is 5.46. The summed E-state index contributed by atoms with van der Waals surface area (Å²) >= 11 is 18.8. The van der Waals surface area contributed by atoms with Crippen LogP contribution in [-0.2, 0) is 20.2 Å². The standard InChI is InChI=1S/C24H30Cl3NO7S/c1-24(2,16-4-6-19(7-5-16)34-14-18(29)12-28-36(3,32)33)17-9-20(26)23(21(27)10-17)35-13-15(11-25)8-22(30)31/h4-7,9-10,15,18,28-29H,8,11-14H2,1-3H3,(H,30,31)/t15-,18+/m1/s1. The third kappa shape index (κ3) is 9.28. The van der Waals surface area contributed by atoms with Crippen LogP contribution in [0.4, 0.5) is 0 Å². The first-order valence-corrected chi connectivity index (χ1v) is 14.2. The molecule has 0 spiro atoms. The Labute approximate surface area is 226 Å². The van der Waals surface area contributed by atoms with Gasteiger partial charge in [-0.3, -0.25) is 4.79 Å². The summed E-state index contributed by atoms with van der Waals surface area (Å²) in [5.41, 5.74) is 1.28. The van der Waals surface area contributed by atoms with Crippen molar-refractivity contribution in [2.75, 3.05) is 31.9 Å². The molecule has 0 saturated heterocycles. The number of aliphatic carboxylic acids is 1. The summed E-state index contributed by atoms with van der Waals surface area (Å²) < 4.78 is 35.7. The van der Waals surface area contributed by atoms with Gasteiger partial charge < -0.3 is 19.7 Å². The molecule has 0 unspecified atom stereocenters. The number of carboxylic acid groups (broad SMARTS) is 1. The summed E-state index contributed by atoms with van der Waals surface area (Å²) in [6, 6.07) is 10.8. The molecule has 0 aromatic heterocycles. The van der Waals surface area contributed by atoms with E-state index in [0.29, 0.717) is 15.8 Å². The first kappa shape index (κ1) is 30.5. The Bertz CT molecular complexity index is 1120. The highest BCUT2D eigenvalue weighted by Gasteiger charge is 2.26. The van der Waals surface area contributed by atoms with Gasteiger partial charge in [0, 0.05) is 23.8 Å². The molecule has 0 fully saturated rings. The molecule has 2 atom stereocenters. The van der Waals surface area contributed by atoms with Crippen molar-refractivity contribution in [1.82, 2.24) is 4.72 Å². The van der Waals surface area contributed by atoms with Crippen molar-refractivity contribution < 1.29 is 32.9 Å². The van der Waals surface area contributed by atoms with Crippen molar-refractivity contribution in [3.63, 3.8) is 0 Å². The van der Waals surface area contributed by atoms with Crippen LogP contribution in [0.3, 0.4) is 0 Å². The molecule has 200 valence electrons. The van der Waals surface area contributed by atoms with E-state index in [-0.39, 0.29) is 43.7 Å². The van der Waals surface area contributed by atoms with Gasteiger partial charge in [0.05, 0.1) is 29.3 Å². The number of nitrogens with one attached hydrogen (secondary N) is 1. The molecule has 0 aliphatic carbocycles. The lowest BCUT2D eigenvalue weighted by molar-refractivity contribution is -0.138. The van der Waals surface area contributed by atoms with Gasteiger partial charge in [-0.05, 0) is 35.4 Å². The zero-order chi connectivity index (χ0) is 27.1. The van der Waals surface area contributed by atoms with Crippen LogP contribution in [0.2, 0.25) is 10.0 Å². The number of alkyl halides is 1. The molecule has 12 heteroatoms. The van der Waals surface area contributed by atoms with E-state index in [1.807, 2.05) is 26.0 Å². The minimum Gasteiger partial charge on any atom is -0.491 e. The average molecular weight is 583 g/mol. The normalized spacial score (nSPS) is 13.8. The fourth-order valence-corrected chi connectivity index (χ4v) is 4.59. The predicted molar refractivity (Wildman–Crippen MR) is 141 cm³/mol. The fraction of sp³-hybridized carbons (Fsp3) is 0.458. The number of rotatable bonds is 14. The van der Waals surface area contributed by atoms with Crippen molar-refractivity contribution in [2.45, 2.75) is 31.8 Å². The van der Waals surface area contributed by atoms with E-state index in [0.717, 1.165) is 17.4 Å². The maximum absolute atomic E-state index is 11.1. The predicted octanol–water partition coefficient (Wildman–Crippen LogP) is 4.32. The molecular formula is C24H30Cl3NO7S. The molecule has 8 nitrogen and oxygen atoms in total. The van der Waals surface area contributed by atoms with E-state index in [1.54, 1.807) is 24.3 Å². The Balaban J connectivity index is 2.09. The zero-order valence-corrected chi connectivity index (χ0v) is 23.2. The SMILES string of the molecule is CC(C)(c1ccc(OC[C@@H](O)CNS(C)(=O)=O)cc1)c1cc(Cl)c(OC[C@@H](CCl)CC(=O)O)c(Cl)c1. The van der Waals surface area contributed by atoms with E-state index in [2.05, 4.69) is 4.72 Å². The van der Waals surface area contributed by atoms with Gasteiger partial charge in [-0.25, -0.2) is 13.1 Å². The maximum atomic E-state index is 11.1. The topological polar surface area (TPSA) is 122 Å². The average Bonchev–Trinajstić information content (AvgIpc) is 2.79. The molecule has 3 N–H and O–H groups in total. The van der Waals surface area contributed by atoms with E-state index in [4.69, 9.17) is 49.4 Å². The van der Waals surface area contributed by atoms with Crippen LogP contribution in [0.5, 0.6) is 11.5 Å². The van der Waals surface area contributed by atoms with Gasteiger partial charge in [0.25, 0.3) is 0 Å². The van der Waals surface area contributed by atoms with Crippen molar-refractivity contribution in [1.29, 1.82) is 0 Å². The molecule has 36 heavy (non-hydrogen) atoms. The monoisotopic (exact) mass is 581 g/mol. The lowest BCUT2D eigenvalue weighted by Gasteiger charge is -2.27. The second-order valence-corrected chi connectivity index (χ2v) is 11.9. The Morgan fingerprint density at radius 3 is 2.14 bits per heavy atom. The smallest absolute Gasteiger partial charge is 0.303 e. The molecular weight excluding hydrogens is 553 g/mol. The van der Waals surface area contributed by atoms with Crippen LogP contribution in [0.15, 0.2) is 36.4 Å². The van der Waals surface area contributed by atoms with Crippen LogP contribution in [0.25, 0.3) is 0 Å². The largest absolute Gasteiger partial charge is 0.491 e. The number of carboxylic acids is 1. The summed E-state index contributed by atoms with van der Waals surface area (Å²) in [7, 11) is -3.39.